The zero-order valence-corrected chi connectivity index (χ0v) is 12.6. The number of piperazine rings is 1. The lowest BCUT2D eigenvalue weighted by atomic mass is 9.80. The van der Waals surface area contributed by atoms with Gasteiger partial charge in [-0.05, 0) is 19.3 Å². The van der Waals surface area contributed by atoms with Crippen molar-refractivity contribution in [1.82, 2.24) is 15.1 Å². The van der Waals surface area contributed by atoms with E-state index in [4.69, 9.17) is 9.84 Å². The Bertz CT molecular complexity index is 371. The maximum Gasteiger partial charge on any atom is 0.317 e. The van der Waals surface area contributed by atoms with Crippen LogP contribution in [0.4, 0.5) is 4.79 Å². The van der Waals surface area contributed by atoms with Crippen molar-refractivity contribution in [3.05, 3.63) is 0 Å². The molecule has 2 rings (SSSR count). The highest BCUT2D eigenvalue weighted by atomic mass is 16.5. The van der Waals surface area contributed by atoms with Gasteiger partial charge < -0.3 is 20.1 Å². The fourth-order valence-corrected chi connectivity index (χ4v) is 2.80. The number of carbonyl (C=O) groups excluding carboxylic acids is 1. The zero-order valence-electron chi connectivity index (χ0n) is 12.6. The molecule has 0 bridgehead atoms. The smallest absolute Gasteiger partial charge is 0.317 e. The second-order valence-electron chi connectivity index (χ2n) is 5.87. The van der Waals surface area contributed by atoms with E-state index in [9.17, 15) is 9.59 Å². The summed E-state index contributed by atoms with van der Waals surface area (Å²) in [6, 6.07) is -0.0452. The summed E-state index contributed by atoms with van der Waals surface area (Å²) in [5, 5.41) is 11.6. The lowest BCUT2D eigenvalue weighted by molar-refractivity contribution is -0.137. The van der Waals surface area contributed by atoms with Crippen molar-refractivity contribution in [2.75, 3.05) is 46.4 Å². The predicted octanol–water partition coefficient (Wildman–Crippen LogP) is 0.357. The van der Waals surface area contributed by atoms with Gasteiger partial charge in [0, 0.05) is 46.4 Å². The number of urea groups is 1. The summed E-state index contributed by atoms with van der Waals surface area (Å²) in [7, 11) is 1.70. The number of hydrogen-bond acceptors (Lipinski definition) is 4. The molecule has 0 aromatic carbocycles. The first-order valence-corrected chi connectivity index (χ1v) is 7.57. The molecule has 1 saturated heterocycles. The standard InChI is InChI=1S/C14H25N3O4/c1-21-14(4-2-5-14)11-15-13(20)17-9-7-16(8-10-17)6-3-12(18)19/h2-11H2,1H3,(H,15,20)(H,18,19). The van der Waals surface area contributed by atoms with Crippen molar-refractivity contribution < 1.29 is 19.4 Å². The van der Waals surface area contributed by atoms with Crippen LogP contribution in [-0.2, 0) is 9.53 Å². The molecule has 2 amide bonds. The molecular weight excluding hydrogens is 274 g/mol. The molecule has 0 atom stereocenters. The van der Waals surface area contributed by atoms with Crippen molar-refractivity contribution in [1.29, 1.82) is 0 Å². The van der Waals surface area contributed by atoms with Crippen LogP contribution in [-0.4, -0.2) is 78.9 Å². The Hall–Kier alpha value is -1.34. The fourth-order valence-electron chi connectivity index (χ4n) is 2.80. The third kappa shape index (κ3) is 4.31. The molecule has 2 fully saturated rings. The van der Waals surface area contributed by atoms with E-state index in [0.29, 0.717) is 26.2 Å². The molecule has 7 heteroatoms. The summed E-state index contributed by atoms with van der Waals surface area (Å²) in [4.78, 5) is 26.5. The van der Waals surface area contributed by atoms with E-state index in [-0.39, 0.29) is 18.1 Å². The molecule has 2 aliphatic rings. The summed E-state index contributed by atoms with van der Waals surface area (Å²) in [5.74, 6) is -0.777. The second-order valence-corrected chi connectivity index (χ2v) is 5.87. The van der Waals surface area contributed by atoms with E-state index in [0.717, 1.165) is 32.4 Å². The van der Waals surface area contributed by atoms with E-state index >= 15 is 0 Å². The van der Waals surface area contributed by atoms with Crippen LogP contribution >= 0.6 is 0 Å². The molecule has 1 saturated carbocycles. The van der Waals surface area contributed by atoms with Gasteiger partial charge in [-0.15, -0.1) is 0 Å². The van der Waals surface area contributed by atoms with Crippen LogP contribution in [0.2, 0.25) is 0 Å². The van der Waals surface area contributed by atoms with Crippen molar-refractivity contribution >= 4 is 12.0 Å². The number of methoxy groups -OCH3 is 1. The molecule has 2 N–H and O–H groups in total. The van der Waals surface area contributed by atoms with Gasteiger partial charge in [-0.2, -0.15) is 0 Å². The molecular formula is C14H25N3O4. The second kappa shape index (κ2) is 7.09. The van der Waals surface area contributed by atoms with E-state index in [2.05, 4.69) is 10.2 Å². The Morgan fingerprint density at radius 2 is 1.90 bits per heavy atom. The largest absolute Gasteiger partial charge is 0.481 e. The Morgan fingerprint density at radius 3 is 2.38 bits per heavy atom. The van der Waals surface area contributed by atoms with Crippen molar-refractivity contribution in [3.63, 3.8) is 0 Å². The number of ether oxygens (including phenoxy) is 1. The summed E-state index contributed by atoms with van der Waals surface area (Å²) in [6.45, 7) is 3.88. The normalized spacial score (nSPS) is 21.7. The molecule has 7 nitrogen and oxygen atoms in total. The molecule has 0 unspecified atom stereocenters. The van der Waals surface area contributed by atoms with E-state index < -0.39 is 5.97 Å². The van der Waals surface area contributed by atoms with Gasteiger partial charge in [0.15, 0.2) is 0 Å². The third-order valence-electron chi connectivity index (χ3n) is 4.56. The summed E-state index contributed by atoms with van der Waals surface area (Å²) in [5.41, 5.74) is -0.154. The third-order valence-corrected chi connectivity index (χ3v) is 4.56. The molecule has 1 heterocycles. The van der Waals surface area contributed by atoms with Crippen LogP contribution in [0.5, 0.6) is 0 Å². The Morgan fingerprint density at radius 1 is 1.24 bits per heavy atom. The number of carboxylic acids is 1. The van der Waals surface area contributed by atoms with Gasteiger partial charge in [0.05, 0.1) is 12.0 Å². The number of nitrogens with one attached hydrogen (secondary N) is 1. The van der Waals surface area contributed by atoms with Crippen molar-refractivity contribution in [2.24, 2.45) is 0 Å². The number of amides is 2. The predicted molar refractivity (Wildman–Crippen MR) is 77.3 cm³/mol. The first-order chi connectivity index (χ1) is 10.0. The van der Waals surface area contributed by atoms with Crippen molar-refractivity contribution in [3.8, 4) is 0 Å². The Labute approximate surface area is 125 Å². The monoisotopic (exact) mass is 299 g/mol. The molecule has 1 aliphatic heterocycles. The average Bonchev–Trinajstić information content (AvgIpc) is 2.44. The number of hydrogen-bond donors (Lipinski definition) is 2. The van der Waals surface area contributed by atoms with Gasteiger partial charge in [-0.25, -0.2) is 4.79 Å². The van der Waals surface area contributed by atoms with E-state index in [1.165, 1.54) is 0 Å². The van der Waals surface area contributed by atoms with Gasteiger partial charge >= 0.3 is 12.0 Å². The number of carboxylic acid groups (broad SMARTS) is 1. The van der Waals surface area contributed by atoms with Crippen LogP contribution in [0.1, 0.15) is 25.7 Å². The molecule has 120 valence electrons. The number of carbonyl (C=O) groups is 2. The molecule has 0 spiro atoms. The number of rotatable bonds is 6. The van der Waals surface area contributed by atoms with Crippen LogP contribution in [0.15, 0.2) is 0 Å². The minimum absolute atomic E-state index is 0.0452. The van der Waals surface area contributed by atoms with Gasteiger partial charge in [-0.1, -0.05) is 0 Å². The SMILES string of the molecule is COC1(CNC(=O)N2CCN(CCC(=O)O)CC2)CCC1. The van der Waals surface area contributed by atoms with Crippen LogP contribution in [0.3, 0.4) is 0 Å². The minimum Gasteiger partial charge on any atom is -0.481 e. The molecule has 0 radical (unpaired) electrons. The highest BCUT2D eigenvalue weighted by Gasteiger charge is 2.37. The fraction of sp³-hybridized carbons (Fsp3) is 0.857. The lowest BCUT2D eigenvalue weighted by Gasteiger charge is -2.41. The zero-order chi connectivity index (χ0) is 15.3. The first kappa shape index (κ1) is 16.0. The quantitative estimate of drug-likeness (QED) is 0.740. The van der Waals surface area contributed by atoms with E-state index in [1.54, 1.807) is 12.0 Å². The molecule has 1 aliphatic carbocycles. The number of aliphatic carboxylic acids is 1. The maximum absolute atomic E-state index is 12.1. The topological polar surface area (TPSA) is 82.1 Å². The minimum atomic E-state index is -0.777. The first-order valence-electron chi connectivity index (χ1n) is 7.57. The van der Waals surface area contributed by atoms with Crippen molar-refractivity contribution in [2.45, 2.75) is 31.3 Å². The Balaban J connectivity index is 1.67. The van der Waals surface area contributed by atoms with Gasteiger partial charge in [0.1, 0.15) is 0 Å². The van der Waals surface area contributed by atoms with E-state index in [1.807, 2.05) is 0 Å². The highest BCUT2D eigenvalue weighted by molar-refractivity contribution is 5.74. The molecule has 0 aromatic rings. The Kier molecular flexibility index (Phi) is 5.41. The highest BCUT2D eigenvalue weighted by Crippen LogP contribution is 2.34. The van der Waals surface area contributed by atoms with Crippen LogP contribution < -0.4 is 5.32 Å². The van der Waals surface area contributed by atoms with Crippen LogP contribution in [0, 0.1) is 0 Å². The molecule has 21 heavy (non-hydrogen) atoms. The maximum atomic E-state index is 12.1. The van der Waals surface area contributed by atoms with Gasteiger partial charge in [0.25, 0.3) is 0 Å². The lowest BCUT2D eigenvalue weighted by Crippen LogP contribution is -2.55. The summed E-state index contributed by atoms with van der Waals surface area (Å²) >= 11 is 0. The molecule has 0 aromatic heterocycles. The summed E-state index contributed by atoms with van der Waals surface area (Å²) in [6.07, 6.45) is 3.33. The van der Waals surface area contributed by atoms with Gasteiger partial charge in [0.2, 0.25) is 0 Å². The number of nitrogens with zero attached hydrogens (tertiary/aromatic N) is 2. The summed E-state index contributed by atoms with van der Waals surface area (Å²) < 4.78 is 5.49. The van der Waals surface area contributed by atoms with Crippen LogP contribution in [0.25, 0.3) is 0 Å². The average molecular weight is 299 g/mol. The van der Waals surface area contributed by atoms with Gasteiger partial charge in [-0.3, -0.25) is 9.69 Å².